The first-order chi connectivity index (χ1) is 5.61. The van der Waals surface area contributed by atoms with Crippen molar-refractivity contribution in [3.63, 3.8) is 0 Å². The predicted octanol–water partition coefficient (Wildman–Crippen LogP) is 2.35. The van der Waals surface area contributed by atoms with Crippen LogP contribution in [0.4, 0.5) is 0 Å². The van der Waals surface area contributed by atoms with Crippen molar-refractivity contribution in [2.75, 3.05) is 7.05 Å². The van der Waals surface area contributed by atoms with Gasteiger partial charge in [-0.2, -0.15) is 5.10 Å². The van der Waals surface area contributed by atoms with E-state index in [2.05, 4.69) is 31.0 Å². The van der Waals surface area contributed by atoms with E-state index in [0.29, 0.717) is 5.92 Å². The van der Waals surface area contributed by atoms with E-state index in [-0.39, 0.29) is 0 Å². The smallest absolute Gasteiger partial charge is 0.0574 e. The van der Waals surface area contributed by atoms with Crippen LogP contribution in [0.3, 0.4) is 0 Å². The van der Waals surface area contributed by atoms with E-state index >= 15 is 0 Å². The van der Waals surface area contributed by atoms with E-state index < -0.39 is 0 Å². The topological polar surface area (TPSA) is 24.4 Å². The summed E-state index contributed by atoms with van der Waals surface area (Å²) < 4.78 is 0. The second-order valence-corrected chi connectivity index (χ2v) is 2.98. The first kappa shape index (κ1) is 11.0. The molecular weight excluding hydrogens is 148 g/mol. The molecule has 0 radical (unpaired) electrons. The molecule has 2 nitrogen and oxygen atoms in total. The number of hydrogen-bond acceptors (Lipinski definition) is 2. The molecule has 0 bridgehead atoms. The Labute approximate surface area is 75.1 Å². The van der Waals surface area contributed by atoms with Gasteiger partial charge in [0.15, 0.2) is 0 Å². The highest BCUT2D eigenvalue weighted by atomic mass is 15.3. The monoisotopic (exact) mass is 166 g/mol. The second-order valence-electron chi connectivity index (χ2n) is 2.98. The van der Waals surface area contributed by atoms with Gasteiger partial charge in [0.1, 0.15) is 0 Å². The van der Waals surface area contributed by atoms with Crippen LogP contribution in [-0.4, -0.2) is 12.8 Å². The summed E-state index contributed by atoms with van der Waals surface area (Å²) in [6, 6.07) is 0. The van der Waals surface area contributed by atoms with Crippen LogP contribution in [0, 0.1) is 5.92 Å². The lowest BCUT2D eigenvalue weighted by molar-refractivity contribution is 0.792. The lowest BCUT2D eigenvalue weighted by Crippen LogP contribution is -2.01. The second kappa shape index (κ2) is 5.58. The standard InChI is InChI=1S/C10H18N2/c1-6-10(8(2)3)7-9(4)12-11-5/h6-8,11H,1H2,2-5H3/b10-7+,12-9-. The Morgan fingerprint density at radius 1 is 1.50 bits per heavy atom. The van der Waals surface area contributed by atoms with Gasteiger partial charge in [0.2, 0.25) is 0 Å². The van der Waals surface area contributed by atoms with Crippen molar-refractivity contribution < 1.29 is 0 Å². The number of rotatable bonds is 4. The van der Waals surface area contributed by atoms with Crippen molar-refractivity contribution in [1.82, 2.24) is 5.43 Å². The van der Waals surface area contributed by atoms with Gasteiger partial charge in [0, 0.05) is 7.05 Å². The van der Waals surface area contributed by atoms with Crippen molar-refractivity contribution >= 4 is 5.71 Å². The highest BCUT2D eigenvalue weighted by molar-refractivity contribution is 5.93. The third-order valence-corrected chi connectivity index (χ3v) is 1.57. The van der Waals surface area contributed by atoms with Gasteiger partial charge in [-0.25, -0.2) is 0 Å². The molecule has 0 aromatic carbocycles. The summed E-state index contributed by atoms with van der Waals surface area (Å²) >= 11 is 0. The quantitative estimate of drug-likeness (QED) is 0.387. The molecule has 12 heavy (non-hydrogen) atoms. The zero-order chi connectivity index (χ0) is 9.56. The largest absolute Gasteiger partial charge is 0.313 e. The van der Waals surface area contributed by atoms with Crippen molar-refractivity contribution in [2.45, 2.75) is 20.8 Å². The summed E-state index contributed by atoms with van der Waals surface area (Å²) in [6.07, 6.45) is 3.91. The van der Waals surface area contributed by atoms with Crippen LogP contribution in [0.1, 0.15) is 20.8 Å². The molecule has 0 aliphatic carbocycles. The molecule has 0 aliphatic heterocycles. The van der Waals surface area contributed by atoms with Crippen molar-refractivity contribution in [2.24, 2.45) is 11.0 Å². The first-order valence-corrected chi connectivity index (χ1v) is 4.16. The lowest BCUT2D eigenvalue weighted by Gasteiger charge is -2.05. The van der Waals surface area contributed by atoms with Crippen LogP contribution in [0.5, 0.6) is 0 Å². The summed E-state index contributed by atoms with van der Waals surface area (Å²) in [5.41, 5.74) is 4.93. The lowest BCUT2D eigenvalue weighted by atomic mass is 10.0. The van der Waals surface area contributed by atoms with Crippen LogP contribution in [0.2, 0.25) is 0 Å². The SMILES string of the molecule is C=C/C(=C\C(C)=N/NC)C(C)C. The Kier molecular flexibility index (Phi) is 5.09. The van der Waals surface area contributed by atoms with Crippen LogP contribution in [0.25, 0.3) is 0 Å². The zero-order valence-corrected chi connectivity index (χ0v) is 8.39. The molecule has 0 rings (SSSR count). The van der Waals surface area contributed by atoms with Gasteiger partial charge < -0.3 is 5.43 Å². The van der Waals surface area contributed by atoms with Crippen LogP contribution in [-0.2, 0) is 0 Å². The molecule has 0 aromatic rings. The average Bonchev–Trinajstić information content (AvgIpc) is 2.00. The number of hydrogen-bond donors (Lipinski definition) is 1. The van der Waals surface area contributed by atoms with Crippen LogP contribution in [0.15, 0.2) is 29.4 Å². The molecule has 1 N–H and O–H groups in total. The van der Waals surface area contributed by atoms with Crippen molar-refractivity contribution in [3.05, 3.63) is 24.3 Å². The fourth-order valence-corrected chi connectivity index (χ4v) is 0.911. The van der Waals surface area contributed by atoms with Gasteiger partial charge in [-0.1, -0.05) is 26.5 Å². The highest BCUT2D eigenvalue weighted by Crippen LogP contribution is 2.09. The molecule has 0 unspecified atom stereocenters. The third-order valence-electron chi connectivity index (χ3n) is 1.57. The summed E-state index contributed by atoms with van der Waals surface area (Å²) in [6.45, 7) is 9.99. The molecule has 0 fully saturated rings. The van der Waals surface area contributed by atoms with Gasteiger partial charge in [0.25, 0.3) is 0 Å². The number of allylic oxidation sites excluding steroid dienone is 3. The molecule has 0 saturated heterocycles. The fourth-order valence-electron chi connectivity index (χ4n) is 0.911. The van der Waals surface area contributed by atoms with Crippen LogP contribution >= 0.6 is 0 Å². The average molecular weight is 166 g/mol. The molecule has 0 atom stereocenters. The molecular formula is C10H18N2. The highest BCUT2D eigenvalue weighted by Gasteiger charge is 1.97. The maximum Gasteiger partial charge on any atom is 0.0574 e. The molecule has 68 valence electrons. The van der Waals surface area contributed by atoms with E-state index in [0.717, 1.165) is 5.71 Å². The Morgan fingerprint density at radius 2 is 2.08 bits per heavy atom. The summed E-state index contributed by atoms with van der Waals surface area (Å²) in [7, 11) is 1.79. The van der Waals surface area contributed by atoms with Crippen LogP contribution < -0.4 is 5.43 Å². The Hall–Kier alpha value is -1.05. The molecule has 0 spiro atoms. The Bertz CT molecular complexity index is 200. The maximum absolute atomic E-state index is 4.04. The number of hydrazone groups is 1. The molecule has 2 heteroatoms. The molecule has 0 saturated carbocycles. The van der Waals surface area contributed by atoms with E-state index in [4.69, 9.17) is 0 Å². The summed E-state index contributed by atoms with van der Waals surface area (Å²) in [4.78, 5) is 0. The van der Waals surface area contributed by atoms with Crippen molar-refractivity contribution in [1.29, 1.82) is 0 Å². The minimum Gasteiger partial charge on any atom is -0.313 e. The van der Waals surface area contributed by atoms with Crippen molar-refractivity contribution in [3.8, 4) is 0 Å². The first-order valence-electron chi connectivity index (χ1n) is 4.16. The van der Waals surface area contributed by atoms with E-state index in [1.165, 1.54) is 5.57 Å². The summed E-state index contributed by atoms with van der Waals surface area (Å²) in [5.74, 6) is 0.504. The van der Waals surface area contributed by atoms with E-state index in [1.807, 2.05) is 19.1 Å². The molecule has 0 aliphatic rings. The minimum absolute atomic E-state index is 0.504. The molecule has 0 heterocycles. The van der Waals surface area contributed by atoms with Gasteiger partial charge in [-0.05, 0) is 24.5 Å². The van der Waals surface area contributed by atoms with Gasteiger partial charge in [-0.15, -0.1) is 0 Å². The van der Waals surface area contributed by atoms with E-state index in [9.17, 15) is 0 Å². The maximum atomic E-state index is 4.04. The van der Waals surface area contributed by atoms with Gasteiger partial charge in [0.05, 0.1) is 5.71 Å². The molecule has 0 aromatic heterocycles. The zero-order valence-electron chi connectivity index (χ0n) is 8.39. The Morgan fingerprint density at radius 3 is 2.42 bits per heavy atom. The fraction of sp³-hybridized carbons (Fsp3) is 0.500. The minimum atomic E-state index is 0.504. The molecule has 0 amide bonds. The number of nitrogens with zero attached hydrogens (tertiary/aromatic N) is 1. The third kappa shape index (κ3) is 3.96. The predicted molar refractivity (Wildman–Crippen MR) is 55.3 cm³/mol. The van der Waals surface area contributed by atoms with Gasteiger partial charge in [-0.3, -0.25) is 0 Å². The Balaban J connectivity index is 4.48. The summed E-state index contributed by atoms with van der Waals surface area (Å²) in [5, 5.41) is 4.04. The van der Waals surface area contributed by atoms with E-state index in [1.54, 1.807) is 7.05 Å². The number of nitrogens with one attached hydrogen (secondary N) is 1. The normalized spacial score (nSPS) is 13.4. The van der Waals surface area contributed by atoms with Gasteiger partial charge >= 0.3 is 0 Å².